The number of nitrogens with zero attached hydrogens (tertiary/aromatic N) is 1. The van der Waals surface area contributed by atoms with Gasteiger partial charge in [-0.1, -0.05) is 11.6 Å². The van der Waals surface area contributed by atoms with Gasteiger partial charge in [0.2, 0.25) is 0 Å². The number of nitrogens with one attached hydrogen (secondary N) is 1. The monoisotopic (exact) mass is 266 g/mol. The summed E-state index contributed by atoms with van der Waals surface area (Å²) in [5.74, 6) is 0. The zero-order valence-electron chi connectivity index (χ0n) is 11.2. The summed E-state index contributed by atoms with van der Waals surface area (Å²) in [6.07, 6.45) is 0.834. The van der Waals surface area contributed by atoms with Crippen LogP contribution < -0.4 is 5.32 Å². The molecule has 3 nitrogen and oxygen atoms in total. The van der Waals surface area contributed by atoms with Gasteiger partial charge in [0.15, 0.2) is 0 Å². The fourth-order valence-corrected chi connectivity index (χ4v) is 2.04. The van der Waals surface area contributed by atoms with Gasteiger partial charge in [-0.05, 0) is 45.4 Å². The molecule has 1 aromatic rings. The topological polar surface area (TPSA) is 45.0 Å². The number of methoxy groups -OCH3 is 1. The number of hydrogen-bond donors (Lipinski definition) is 1. The molecule has 0 saturated heterocycles. The Labute approximate surface area is 114 Å². The lowest BCUT2D eigenvalue weighted by molar-refractivity contribution is 0.0128. The Balaban J connectivity index is 2.79. The maximum absolute atomic E-state index is 9.04. The normalized spacial score (nSPS) is 12.9. The molecule has 4 heteroatoms. The number of nitriles is 1. The van der Waals surface area contributed by atoms with Gasteiger partial charge in [-0.15, -0.1) is 0 Å². The van der Waals surface area contributed by atoms with Gasteiger partial charge in [0, 0.05) is 18.2 Å². The first-order valence-corrected chi connectivity index (χ1v) is 6.27. The maximum atomic E-state index is 9.04. The third-order valence-electron chi connectivity index (χ3n) is 2.85. The molecule has 1 N–H and O–H groups in total. The third kappa shape index (κ3) is 4.21. The summed E-state index contributed by atoms with van der Waals surface area (Å²) in [5, 5.41) is 13.0. The molecule has 0 aliphatic carbocycles. The van der Waals surface area contributed by atoms with Crippen LogP contribution in [0.4, 0.5) is 5.69 Å². The summed E-state index contributed by atoms with van der Waals surface area (Å²) >= 11 is 5.94. The van der Waals surface area contributed by atoms with Crippen LogP contribution in [0.25, 0.3) is 0 Å². The largest absolute Gasteiger partial charge is 0.381 e. The Bertz CT molecular complexity index is 452. The van der Waals surface area contributed by atoms with Crippen LogP contribution in [0.3, 0.4) is 0 Å². The van der Waals surface area contributed by atoms with Crippen LogP contribution in [0.15, 0.2) is 18.2 Å². The summed E-state index contributed by atoms with van der Waals surface area (Å²) in [6, 6.07) is 7.55. The maximum Gasteiger partial charge on any atom is 0.101 e. The third-order valence-corrected chi connectivity index (χ3v) is 3.09. The molecule has 0 heterocycles. The minimum absolute atomic E-state index is 0.186. The molecule has 0 aromatic heterocycles. The molecule has 1 rings (SSSR count). The van der Waals surface area contributed by atoms with E-state index < -0.39 is 0 Å². The molecule has 0 aliphatic heterocycles. The smallest absolute Gasteiger partial charge is 0.101 e. The lowest BCUT2D eigenvalue weighted by Crippen LogP contribution is -2.31. The molecule has 1 atom stereocenters. The van der Waals surface area contributed by atoms with Crippen LogP contribution in [0.1, 0.15) is 32.8 Å². The molecular weight excluding hydrogens is 248 g/mol. The molecule has 98 valence electrons. The average molecular weight is 267 g/mol. The number of ether oxygens (including phenoxy) is 1. The van der Waals surface area contributed by atoms with E-state index in [9.17, 15) is 0 Å². The zero-order chi connectivity index (χ0) is 13.8. The van der Waals surface area contributed by atoms with Gasteiger partial charge in [0.25, 0.3) is 0 Å². The quantitative estimate of drug-likeness (QED) is 0.881. The van der Waals surface area contributed by atoms with Gasteiger partial charge in [-0.25, -0.2) is 0 Å². The van der Waals surface area contributed by atoms with Gasteiger partial charge in [-0.2, -0.15) is 5.26 Å². The van der Waals surface area contributed by atoms with Crippen LogP contribution in [-0.2, 0) is 4.74 Å². The van der Waals surface area contributed by atoms with Crippen molar-refractivity contribution < 1.29 is 4.74 Å². The van der Waals surface area contributed by atoms with Crippen molar-refractivity contribution in [3.05, 3.63) is 28.8 Å². The van der Waals surface area contributed by atoms with Crippen LogP contribution in [0, 0.1) is 11.3 Å². The van der Waals surface area contributed by atoms with E-state index in [0.29, 0.717) is 10.6 Å². The standard InChI is InChI=1S/C14H19ClN2O/c1-10(8-14(2,3)18-4)17-13-7-12(15)6-5-11(13)9-16/h5-7,10,17H,8H2,1-4H3. The van der Waals surface area contributed by atoms with Crippen molar-refractivity contribution in [2.45, 2.75) is 38.8 Å². The average Bonchev–Trinajstić information content (AvgIpc) is 2.28. The fraction of sp³-hybridized carbons (Fsp3) is 0.500. The van der Waals surface area contributed by atoms with Crippen molar-refractivity contribution in [2.24, 2.45) is 0 Å². The molecule has 0 fully saturated rings. The zero-order valence-corrected chi connectivity index (χ0v) is 12.0. The summed E-state index contributed by atoms with van der Waals surface area (Å²) in [5.41, 5.74) is 1.17. The second kappa shape index (κ2) is 6.08. The van der Waals surface area contributed by atoms with Crippen LogP contribution in [0.5, 0.6) is 0 Å². The van der Waals surface area contributed by atoms with Gasteiger partial charge >= 0.3 is 0 Å². The van der Waals surface area contributed by atoms with E-state index in [-0.39, 0.29) is 11.6 Å². The molecule has 18 heavy (non-hydrogen) atoms. The Hall–Kier alpha value is -1.24. The number of hydrogen-bond acceptors (Lipinski definition) is 3. The first-order chi connectivity index (χ1) is 8.38. The van der Waals surface area contributed by atoms with Crippen LogP contribution in [-0.4, -0.2) is 18.8 Å². The minimum Gasteiger partial charge on any atom is -0.381 e. The van der Waals surface area contributed by atoms with E-state index in [1.54, 1.807) is 25.3 Å². The Morgan fingerprint density at radius 2 is 2.17 bits per heavy atom. The lowest BCUT2D eigenvalue weighted by atomic mass is 9.99. The number of rotatable bonds is 5. The predicted octanol–water partition coefficient (Wildman–Crippen LogP) is 3.83. The summed E-state index contributed by atoms with van der Waals surface area (Å²) in [7, 11) is 1.70. The minimum atomic E-state index is -0.197. The van der Waals surface area contributed by atoms with Crippen molar-refractivity contribution in [2.75, 3.05) is 12.4 Å². The number of halogens is 1. The van der Waals surface area contributed by atoms with Crippen LogP contribution >= 0.6 is 11.6 Å². The number of benzene rings is 1. The molecule has 0 bridgehead atoms. The van der Waals surface area contributed by atoms with Gasteiger partial charge in [0.1, 0.15) is 6.07 Å². The highest BCUT2D eigenvalue weighted by molar-refractivity contribution is 6.30. The van der Waals surface area contributed by atoms with Crippen molar-refractivity contribution in [1.29, 1.82) is 5.26 Å². The second-order valence-electron chi connectivity index (χ2n) is 5.02. The van der Waals surface area contributed by atoms with Crippen molar-refractivity contribution in [3.8, 4) is 6.07 Å². The molecule has 0 spiro atoms. The Morgan fingerprint density at radius 3 is 2.72 bits per heavy atom. The Kier molecular flexibility index (Phi) is 5.01. The summed E-state index contributed by atoms with van der Waals surface area (Å²) < 4.78 is 5.40. The van der Waals surface area contributed by atoms with E-state index in [0.717, 1.165) is 12.1 Å². The van der Waals surface area contributed by atoms with E-state index >= 15 is 0 Å². The van der Waals surface area contributed by atoms with Gasteiger partial charge in [0.05, 0.1) is 16.9 Å². The van der Waals surface area contributed by atoms with Crippen LogP contribution in [0.2, 0.25) is 5.02 Å². The summed E-state index contributed by atoms with van der Waals surface area (Å²) in [6.45, 7) is 6.13. The molecular formula is C14H19ClN2O. The first-order valence-electron chi connectivity index (χ1n) is 5.89. The molecule has 0 aliphatic rings. The van der Waals surface area contributed by atoms with Crippen molar-refractivity contribution in [1.82, 2.24) is 0 Å². The van der Waals surface area contributed by atoms with Crippen molar-refractivity contribution in [3.63, 3.8) is 0 Å². The molecule has 1 unspecified atom stereocenters. The molecule has 0 saturated carbocycles. The summed E-state index contributed by atoms with van der Waals surface area (Å²) in [4.78, 5) is 0. The van der Waals surface area contributed by atoms with E-state index in [4.69, 9.17) is 21.6 Å². The molecule has 0 radical (unpaired) electrons. The van der Waals surface area contributed by atoms with E-state index in [2.05, 4.69) is 18.3 Å². The van der Waals surface area contributed by atoms with Crippen molar-refractivity contribution >= 4 is 17.3 Å². The second-order valence-corrected chi connectivity index (χ2v) is 5.45. The molecule has 1 aromatic carbocycles. The highest BCUT2D eigenvalue weighted by atomic mass is 35.5. The first kappa shape index (κ1) is 14.8. The van der Waals surface area contributed by atoms with E-state index in [1.165, 1.54) is 0 Å². The SMILES string of the molecule is COC(C)(C)CC(C)Nc1cc(Cl)ccc1C#N. The Morgan fingerprint density at radius 1 is 1.50 bits per heavy atom. The highest BCUT2D eigenvalue weighted by Crippen LogP contribution is 2.23. The fourth-order valence-electron chi connectivity index (χ4n) is 1.87. The van der Waals surface area contributed by atoms with Gasteiger partial charge < -0.3 is 10.1 Å². The molecule has 0 amide bonds. The predicted molar refractivity (Wildman–Crippen MR) is 75.0 cm³/mol. The highest BCUT2D eigenvalue weighted by Gasteiger charge is 2.20. The number of anilines is 1. The van der Waals surface area contributed by atoms with Gasteiger partial charge in [-0.3, -0.25) is 0 Å². The lowest BCUT2D eigenvalue weighted by Gasteiger charge is -2.27. The van der Waals surface area contributed by atoms with E-state index in [1.807, 2.05) is 13.8 Å².